The number of carbonyl (C=O) groups excluding carboxylic acids is 1. The first-order valence-corrected chi connectivity index (χ1v) is 5.00. The normalized spacial score (nSPS) is 23.4. The molecule has 1 unspecified atom stereocenters. The Morgan fingerprint density at radius 3 is 3.00 bits per heavy atom. The summed E-state index contributed by atoms with van der Waals surface area (Å²) < 4.78 is 0. The van der Waals surface area contributed by atoms with E-state index in [2.05, 4.69) is 5.32 Å². The summed E-state index contributed by atoms with van der Waals surface area (Å²) >= 11 is 0. The molecular weight excluding hydrogens is 184 g/mol. The molecule has 5 nitrogen and oxygen atoms in total. The Labute approximate surface area is 83.7 Å². The summed E-state index contributed by atoms with van der Waals surface area (Å²) in [7, 11) is 0. The second-order valence-electron chi connectivity index (χ2n) is 3.60. The van der Waals surface area contributed by atoms with E-state index >= 15 is 0 Å². The molecule has 14 heavy (non-hydrogen) atoms. The predicted octanol–water partition coefficient (Wildman–Crippen LogP) is -1.45. The van der Waals surface area contributed by atoms with Gasteiger partial charge >= 0.3 is 0 Å². The van der Waals surface area contributed by atoms with E-state index in [9.17, 15) is 9.90 Å². The van der Waals surface area contributed by atoms with Gasteiger partial charge in [-0.2, -0.15) is 0 Å². The SMILES string of the molecule is O=C(CN1CCCC(O)C1)NCCO. The molecule has 5 heteroatoms. The fourth-order valence-corrected chi connectivity index (χ4v) is 1.63. The summed E-state index contributed by atoms with van der Waals surface area (Å²) in [6, 6.07) is 0. The number of aliphatic hydroxyl groups excluding tert-OH is 2. The molecule has 1 amide bonds. The molecule has 0 aromatic carbocycles. The number of amides is 1. The minimum atomic E-state index is -0.297. The van der Waals surface area contributed by atoms with Gasteiger partial charge in [0.05, 0.1) is 19.3 Å². The summed E-state index contributed by atoms with van der Waals surface area (Å²) in [6.45, 7) is 2.02. The standard InChI is InChI=1S/C9H18N2O3/c12-5-3-10-9(14)7-11-4-1-2-8(13)6-11/h8,12-13H,1-7H2,(H,10,14). The average molecular weight is 202 g/mol. The lowest BCUT2D eigenvalue weighted by Gasteiger charge is -2.29. The van der Waals surface area contributed by atoms with E-state index in [1.165, 1.54) is 0 Å². The highest BCUT2D eigenvalue weighted by Crippen LogP contribution is 2.08. The van der Waals surface area contributed by atoms with Crippen LogP contribution in [0.4, 0.5) is 0 Å². The number of carbonyl (C=O) groups is 1. The maximum Gasteiger partial charge on any atom is 0.234 e. The second-order valence-corrected chi connectivity index (χ2v) is 3.60. The second kappa shape index (κ2) is 5.95. The topological polar surface area (TPSA) is 72.8 Å². The molecule has 3 N–H and O–H groups in total. The zero-order valence-electron chi connectivity index (χ0n) is 8.28. The summed E-state index contributed by atoms with van der Waals surface area (Å²) in [6.07, 6.45) is 1.47. The lowest BCUT2D eigenvalue weighted by molar-refractivity contribution is -0.123. The lowest BCUT2D eigenvalue weighted by Crippen LogP contribution is -2.44. The molecule has 1 rings (SSSR count). The van der Waals surface area contributed by atoms with E-state index in [-0.39, 0.29) is 18.6 Å². The molecule has 0 aliphatic carbocycles. The van der Waals surface area contributed by atoms with Crippen molar-refractivity contribution >= 4 is 5.91 Å². The maximum absolute atomic E-state index is 11.2. The number of hydrogen-bond acceptors (Lipinski definition) is 4. The van der Waals surface area contributed by atoms with Crippen LogP contribution in [-0.2, 0) is 4.79 Å². The Morgan fingerprint density at radius 2 is 2.36 bits per heavy atom. The van der Waals surface area contributed by atoms with Crippen molar-refractivity contribution in [2.75, 3.05) is 32.8 Å². The highest BCUT2D eigenvalue weighted by atomic mass is 16.3. The largest absolute Gasteiger partial charge is 0.395 e. The zero-order valence-corrected chi connectivity index (χ0v) is 8.28. The van der Waals surface area contributed by atoms with Gasteiger partial charge in [0.25, 0.3) is 0 Å². The molecule has 0 bridgehead atoms. The van der Waals surface area contributed by atoms with Crippen molar-refractivity contribution in [3.63, 3.8) is 0 Å². The van der Waals surface area contributed by atoms with Crippen molar-refractivity contribution in [2.45, 2.75) is 18.9 Å². The van der Waals surface area contributed by atoms with Gasteiger partial charge in [-0.1, -0.05) is 0 Å². The van der Waals surface area contributed by atoms with E-state index in [0.717, 1.165) is 19.4 Å². The molecule has 0 spiro atoms. The smallest absolute Gasteiger partial charge is 0.234 e. The Hall–Kier alpha value is -0.650. The van der Waals surface area contributed by atoms with Gasteiger partial charge in [-0.3, -0.25) is 9.69 Å². The van der Waals surface area contributed by atoms with Gasteiger partial charge in [-0.05, 0) is 19.4 Å². The molecular formula is C9H18N2O3. The molecule has 1 atom stereocenters. The molecule has 1 aliphatic heterocycles. The quantitative estimate of drug-likeness (QED) is 0.521. The summed E-state index contributed by atoms with van der Waals surface area (Å²) in [5, 5.41) is 20.4. The molecule has 0 radical (unpaired) electrons. The third kappa shape index (κ3) is 4.04. The van der Waals surface area contributed by atoms with Crippen molar-refractivity contribution in [3.05, 3.63) is 0 Å². The third-order valence-corrected chi connectivity index (χ3v) is 2.28. The zero-order chi connectivity index (χ0) is 10.4. The number of hydrogen-bond donors (Lipinski definition) is 3. The predicted molar refractivity (Wildman–Crippen MR) is 51.8 cm³/mol. The first kappa shape index (κ1) is 11.4. The number of nitrogens with one attached hydrogen (secondary N) is 1. The van der Waals surface area contributed by atoms with Gasteiger partial charge in [0.1, 0.15) is 0 Å². The first-order chi connectivity index (χ1) is 6.72. The first-order valence-electron chi connectivity index (χ1n) is 5.00. The summed E-state index contributed by atoms with van der Waals surface area (Å²) in [4.78, 5) is 13.2. The molecule has 0 saturated carbocycles. The monoisotopic (exact) mass is 202 g/mol. The number of piperidine rings is 1. The van der Waals surface area contributed by atoms with Crippen molar-refractivity contribution in [1.82, 2.24) is 10.2 Å². The van der Waals surface area contributed by atoms with Crippen molar-refractivity contribution in [3.8, 4) is 0 Å². The Morgan fingerprint density at radius 1 is 1.57 bits per heavy atom. The fraction of sp³-hybridized carbons (Fsp3) is 0.889. The van der Waals surface area contributed by atoms with Crippen LogP contribution >= 0.6 is 0 Å². The van der Waals surface area contributed by atoms with E-state index in [4.69, 9.17) is 5.11 Å². The van der Waals surface area contributed by atoms with Crippen molar-refractivity contribution < 1.29 is 15.0 Å². The van der Waals surface area contributed by atoms with E-state index in [1.54, 1.807) is 0 Å². The van der Waals surface area contributed by atoms with Crippen LogP contribution in [0.15, 0.2) is 0 Å². The van der Waals surface area contributed by atoms with Crippen LogP contribution in [0.1, 0.15) is 12.8 Å². The highest BCUT2D eigenvalue weighted by Gasteiger charge is 2.19. The number of β-amino-alcohol motifs (C(OH)–C–C–N with tert-alkyl or cyclic N) is 1. The number of nitrogens with zero attached hydrogens (tertiary/aromatic N) is 1. The minimum absolute atomic E-state index is 0.0334. The highest BCUT2D eigenvalue weighted by molar-refractivity contribution is 5.77. The van der Waals surface area contributed by atoms with Gasteiger partial charge in [0, 0.05) is 13.1 Å². The van der Waals surface area contributed by atoms with Crippen molar-refractivity contribution in [2.24, 2.45) is 0 Å². The number of likely N-dealkylation sites (tertiary alicyclic amines) is 1. The average Bonchev–Trinajstić information content (AvgIpc) is 2.15. The summed E-state index contributed by atoms with van der Waals surface area (Å²) in [5.41, 5.74) is 0. The lowest BCUT2D eigenvalue weighted by atomic mass is 10.1. The van der Waals surface area contributed by atoms with Gasteiger partial charge in [-0.15, -0.1) is 0 Å². The molecule has 1 heterocycles. The van der Waals surface area contributed by atoms with Crippen LogP contribution in [-0.4, -0.2) is 59.9 Å². The molecule has 0 aromatic heterocycles. The molecule has 0 aromatic rings. The molecule has 1 saturated heterocycles. The van der Waals surface area contributed by atoms with E-state index in [1.807, 2.05) is 4.90 Å². The van der Waals surface area contributed by atoms with Crippen LogP contribution in [0.5, 0.6) is 0 Å². The maximum atomic E-state index is 11.2. The number of aliphatic hydroxyl groups is 2. The number of rotatable bonds is 4. The Bertz CT molecular complexity index is 187. The fourth-order valence-electron chi connectivity index (χ4n) is 1.63. The Kier molecular flexibility index (Phi) is 4.86. The summed E-state index contributed by atoms with van der Waals surface area (Å²) in [5.74, 6) is -0.0897. The molecule has 82 valence electrons. The minimum Gasteiger partial charge on any atom is -0.395 e. The molecule has 1 aliphatic rings. The van der Waals surface area contributed by atoms with Gasteiger partial charge in [-0.25, -0.2) is 0 Å². The van der Waals surface area contributed by atoms with Crippen molar-refractivity contribution in [1.29, 1.82) is 0 Å². The van der Waals surface area contributed by atoms with Gasteiger partial charge in [0.15, 0.2) is 0 Å². The van der Waals surface area contributed by atoms with E-state index < -0.39 is 0 Å². The van der Waals surface area contributed by atoms with Crippen LogP contribution in [0.3, 0.4) is 0 Å². The molecule has 1 fully saturated rings. The Balaban J connectivity index is 2.18. The van der Waals surface area contributed by atoms with Crippen LogP contribution < -0.4 is 5.32 Å². The van der Waals surface area contributed by atoms with Gasteiger partial charge < -0.3 is 15.5 Å². The van der Waals surface area contributed by atoms with Crippen LogP contribution in [0.25, 0.3) is 0 Å². The van der Waals surface area contributed by atoms with Crippen LogP contribution in [0, 0.1) is 0 Å². The third-order valence-electron chi connectivity index (χ3n) is 2.28. The van der Waals surface area contributed by atoms with Gasteiger partial charge in [0.2, 0.25) is 5.91 Å². The van der Waals surface area contributed by atoms with Crippen LogP contribution in [0.2, 0.25) is 0 Å². The van der Waals surface area contributed by atoms with E-state index in [0.29, 0.717) is 19.6 Å².